The van der Waals surface area contributed by atoms with Crippen molar-refractivity contribution in [2.45, 2.75) is 31.3 Å². The van der Waals surface area contributed by atoms with Crippen LogP contribution in [0.2, 0.25) is 0 Å². The van der Waals surface area contributed by atoms with Crippen LogP contribution in [0.25, 0.3) is 0 Å². The highest BCUT2D eigenvalue weighted by molar-refractivity contribution is 7.92. The number of nitrogens with zero attached hydrogens (tertiary/aromatic N) is 1. The number of rotatable bonds is 7. The van der Waals surface area contributed by atoms with E-state index in [4.69, 9.17) is 4.74 Å². The van der Waals surface area contributed by atoms with Crippen LogP contribution in [0.5, 0.6) is 5.75 Å². The molecule has 1 aliphatic heterocycles. The van der Waals surface area contributed by atoms with E-state index in [-0.39, 0.29) is 29.7 Å². The Bertz CT molecular complexity index is 1310. The maximum Gasteiger partial charge on any atom is 0.265 e. The smallest absolute Gasteiger partial charge is 0.265 e. The summed E-state index contributed by atoms with van der Waals surface area (Å²) >= 11 is 0. The number of sulfonamides is 1. The number of amides is 2. The number of carbonyl (C=O) groups is 2. The molecular weight excluding hydrogens is 454 g/mol. The number of hydrogen-bond donors (Lipinski definition) is 2. The van der Waals surface area contributed by atoms with E-state index in [0.717, 1.165) is 5.56 Å². The first-order chi connectivity index (χ1) is 16.2. The average molecular weight is 480 g/mol. The highest BCUT2D eigenvalue weighted by Gasteiger charge is 2.26. The Balaban J connectivity index is 1.50. The van der Waals surface area contributed by atoms with Gasteiger partial charge < -0.3 is 15.4 Å². The highest BCUT2D eigenvalue weighted by atomic mass is 32.2. The molecular formula is C25H25N3O5S. The molecule has 3 aromatic carbocycles. The van der Waals surface area contributed by atoms with Gasteiger partial charge in [0.2, 0.25) is 5.91 Å². The van der Waals surface area contributed by atoms with Gasteiger partial charge >= 0.3 is 0 Å². The monoisotopic (exact) mass is 479 g/mol. The largest absolute Gasteiger partial charge is 0.479 e. The molecule has 2 N–H and O–H groups in total. The van der Waals surface area contributed by atoms with E-state index in [2.05, 4.69) is 10.6 Å². The van der Waals surface area contributed by atoms with E-state index in [1.807, 2.05) is 19.1 Å². The summed E-state index contributed by atoms with van der Waals surface area (Å²) in [6.07, 6.45) is -0.663. The molecule has 0 saturated carbocycles. The Morgan fingerprint density at radius 3 is 2.47 bits per heavy atom. The van der Waals surface area contributed by atoms with Gasteiger partial charge in [-0.15, -0.1) is 0 Å². The predicted octanol–water partition coefficient (Wildman–Crippen LogP) is 3.94. The normalized spacial score (nSPS) is 15.0. The molecule has 3 aromatic rings. The fourth-order valence-corrected chi connectivity index (χ4v) is 5.02. The summed E-state index contributed by atoms with van der Waals surface area (Å²) in [5.41, 5.74) is 2.41. The maximum absolute atomic E-state index is 13.3. The number of benzene rings is 3. The molecule has 0 unspecified atom stereocenters. The van der Waals surface area contributed by atoms with E-state index >= 15 is 0 Å². The molecule has 0 radical (unpaired) electrons. The molecule has 0 aliphatic carbocycles. The number of ether oxygens (including phenoxy) is 1. The second-order valence-electron chi connectivity index (χ2n) is 7.98. The molecule has 1 aliphatic rings. The molecule has 0 fully saturated rings. The highest BCUT2D eigenvalue weighted by Crippen LogP contribution is 2.32. The second kappa shape index (κ2) is 9.56. The van der Waals surface area contributed by atoms with Crippen LogP contribution in [-0.2, 0) is 19.6 Å². The van der Waals surface area contributed by atoms with Gasteiger partial charge in [-0.3, -0.25) is 13.9 Å². The van der Waals surface area contributed by atoms with Crippen LogP contribution in [0.4, 0.5) is 17.1 Å². The van der Waals surface area contributed by atoms with E-state index in [1.54, 1.807) is 55.5 Å². The number of fused-ring (bicyclic) bond motifs is 1. The van der Waals surface area contributed by atoms with Crippen LogP contribution in [0.3, 0.4) is 0 Å². The lowest BCUT2D eigenvalue weighted by molar-refractivity contribution is -0.122. The first-order valence-corrected chi connectivity index (χ1v) is 12.2. The summed E-state index contributed by atoms with van der Waals surface area (Å²) in [5, 5.41) is 5.49. The Kier molecular flexibility index (Phi) is 6.56. The van der Waals surface area contributed by atoms with Gasteiger partial charge in [0.1, 0.15) is 5.75 Å². The molecule has 2 amide bonds. The van der Waals surface area contributed by atoms with Crippen molar-refractivity contribution in [3.05, 3.63) is 78.4 Å². The lowest BCUT2D eigenvalue weighted by atomic mass is 10.2. The zero-order valence-corrected chi connectivity index (χ0v) is 19.6. The van der Waals surface area contributed by atoms with Gasteiger partial charge in [0.05, 0.1) is 16.3 Å². The van der Waals surface area contributed by atoms with Crippen LogP contribution in [-0.4, -0.2) is 32.9 Å². The zero-order chi connectivity index (χ0) is 24.3. The molecule has 1 heterocycles. The van der Waals surface area contributed by atoms with Crippen molar-refractivity contribution in [2.75, 3.05) is 21.5 Å². The van der Waals surface area contributed by atoms with Gasteiger partial charge in [0.15, 0.2) is 6.10 Å². The minimum atomic E-state index is -3.87. The lowest BCUT2D eigenvalue weighted by Crippen LogP contribution is -2.34. The molecule has 8 nitrogen and oxygen atoms in total. The Labute approximate surface area is 198 Å². The first kappa shape index (κ1) is 23.3. The number of nitrogens with one attached hydrogen (secondary N) is 2. The second-order valence-corrected chi connectivity index (χ2v) is 9.85. The minimum absolute atomic E-state index is 0.0472. The van der Waals surface area contributed by atoms with Gasteiger partial charge in [0.25, 0.3) is 15.9 Å². The van der Waals surface area contributed by atoms with Crippen molar-refractivity contribution in [1.29, 1.82) is 0 Å². The van der Waals surface area contributed by atoms with E-state index in [1.165, 1.54) is 16.4 Å². The number of anilines is 3. The van der Waals surface area contributed by atoms with Crippen molar-refractivity contribution in [3.63, 3.8) is 0 Å². The quantitative estimate of drug-likeness (QED) is 0.534. The molecule has 176 valence electrons. The number of hydrogen-bond acceptors (Lipinski definition) is 5. The van der Waals surface area contributed by atoms with Gasteiger partial charge in [0, 0.05) is 18.7 Å². The molecule has 0 bridgehead atoms. The average Bonchev–Trinajstić information content (AvgIpc) is 2.82. The molecule has 9 heteroatoms. The van der Waals surface area contributed by atoms with Gasteiger partial charge in [-0.05, 0) is 56.3 Å². The Morgan fingerprint density at radius 2 is 1.76 bits per heavy atom. The zero-order valence-electron chi connectivity index (χ0n) is 18.8. The van der Waals surface area contributed by atoms with Crippen LogP contribution in [0.15, 0.2) is 77.7 Å². The third-order valence-electron chi connectivity index (χ3n) is 5.39. The van der Waals surface area contributed by atoms with Crippen molar-refractivity contribution in [1.82, 2.24) is 0 Å². The number of aryl methyl sites for hydroxylation is 1. The summed E-state index contributed by atoms with van der Waals surface area (Å²) in [4.78, 5) is 24.7. The fourth-order valence-electron chi connectivity index (χ4n) is 3.53. The summed E-state index contributed by atoms with van der Waals surface area (Å²) in [6, 6.07) is 20.2. The van der Waals surface area contributed by atoms with E-state index < -0.39 is 16.1 Å². The number of carbonyl (C=O) groups excluding carboxylic acids is 2. The first-order valence-electron chi connectivity index (χ1n) is 10.8. The van der Waals surface area contributed by atoms with E-state index in [9.17, 15) is 18.0 Å². The predicted molar refractivity (Wildman–Crippen MR) is 131 cm³/mol. The topological polar surface area (TPSA) is 105 Å². The summed E-state index contributed by atoms with van der Waals surface area (Å²) in [5.74, 6) is -0.114. The van der Waals surface area contributed by atoms with Crippen molar-refractivity contribution in [3.8, 4) is 5.75 Å². The minimum Gasteiger partial charge on any atom is -0.479 e. The van der Waals surface area contributed by atoms with Gasteiger partial charge in [-0.2, -0.15) is 0 Å². The standard InChI is InChI=1S/C25H25N3O5S/c1-17-8-11-20(12-9-17)28(34(31,32)21-6-4-3-5-7-21)15-14-24(29)26-19-10-13-23-22(16-19)27-25(30)18(2)33-23/h3-13,16,18H,14-15H2,1-2H3,(H,26,29)(H,27,30)/t18-/m0/s1. The van der Waals surface area contributed by atoms with Crippen LogP contribution in [0, 0.1) is 6.92 Å². The van der Waals surface area contributed by atoms with Gasteiger partial charge in [-0.25, -0.2) is 8.42 Å². The van der Waals surface area contributed by atoms with E-state index in [0.29, 0.717) is 22.8 Å². The van der Waals surface area contributed by atoms with Crippen LogP contribution in [0.1, 0.15) is 18.9 Å². The third-order valence-corrected chi connectivity index (χ3v) is 7.23. The molecule has 1 atom stereocenters. The summed E-state index contributed by atoms with van der Waals surface area (Å²) in [7, 11) is -3.87. The van der Waals surface area contributed by atoms with Crippen LogP contribution < -0.4 is 19.7 Å². The maximum atomic E-state index is 13.3. The fraction of sp³-hybridized carbons (Fsp3) is 0.200. The van der Waals surface area contributed by atoms with Crippen LogP contribution >= 0.6 is 0 Å². The van der Waals surface area contributed by atoms with Crippen molar-refractivity contribution >= 4 is 38.9 Å². The Hall–Kier alpha value is -3.85. The van der Waals surface area contributed by atoms with Crippen molar-refractivity contribution < 1.29 is 22.7 Å². The molecule has 0 aromatic heterocycles. The lowest BCUT2D eigenvalue weighted by Gasteiger charge is -2.25. The molecule has 0 spiro atoms. The van der Waals surface area contributed by atoms with Crippen molar-refractivity contribution in [2.24, 2.45) is 0 Å². The molecule has 4 rings (SSSR count). The summed E-state index contributed by atoms with van der Waals surface area (Å²) in [6.45, 7) is 3.52. The molecule has 34 heavy (non-hydrogen) atoms. The summed E-state index contributed by atoms with van der Waals surface area (Å²) < 4.78 is 33.5. The third kappa shape index (κ3) is 5.04. The molecule has 0 saturated heterocycles. The Morgan fingerprint density at radius 1 is 1.06 bits per heavy atom. The SMILES string of the molecule is Cc1ccc(N(CCC(=O)Nc2ccc3c(c2)NC(=O)[C@H](C)O3)S(=O)(=O)c2ccccc2)cc1. The van der Waals surface area contributed by atoms with Gasteiger partial charge in [-0.1, -0.05) is 35.9 Å².